The summed E-state index contributed by atoms with van der Waals surface area (Å²) in [6.07, 6.45) is 5.13. The van der Waals surface area contributed by atoms with Crippen molar-refractivity contribution in [2.24, 2.45) is 5.73 Å². The SMILES string of the molecule is NC(=O)c1c(F)cc(NS(=O)(=O)c2ccc(C(=O)NC3CCCCC3)cc2)cc1F. The Balaban J connectivity index is 1.73. The maximum Gasteiger partial charge on any atom is 0.261 e. The van der Waals surface area contributed by atoms with Gasteiger partial charge in [-0.25, -0.2) is 17.2 Å². The van der Waals surface area contributed by atoms with Gasteiger partial charge in [-0.05, 0) is 49.2 Å². The Labute approximate surface area is 172 Å². The zero-order valence-electron chi connectivity index (χ0n) is 16.0. The third-order valence-electron chi connectivity index (χ3n) is 4.91. The van der Waals surface area contributed by atoms with Gasteiger partial charge in [0, 0.05) is 11.6 Å². The summed E-state index contributed by atoms with van der Waals surface area (Å²) in [7, 11) is -4.18. The van der Waals surface area contributed by atoms with E-state index >= 15 is 0 Å². The molecule has 0 bridgehead atoms. The smallest absolute Gasteiger partial charge is 0.261 e. The van der Waals surface area contributed by atoms with E-state index in [9.17, 15) is 26.8 Å². The second kappa shape index (κ2) is 8.78. The van der Waals surface area contributed by atoms with Crippen LogP contribution in [0.15, 0.2) is 41.3 Å². The molecule has 0 aliphatic heterocycles. The van der Waals surface area contributed by atoms with Crippen molar-refractivity contribution >= 4 is 27.5 Å². The first-order valence-electron chi connectivity index (χ1n) is 9.40. The van der Waals surface area contributed by atoms with Gasteiger partial charge in [0.15, 0.2) is 0 Å². The minimum absolute atomic E-state index is 0.115. The largest absolute Gasteiger partial charge is 0.365 e. The number of benzene rings is 2. The van der Waals surface area contributed by atoms with E-state index in [4.69, 9.17) is 5.73 Å². The first kappa shape index (κ1) is 21.7. The van der Waals surface area contributed by atoms with Gasteiger partial charge >= 0.3 is 0 Å². The van der Waals surface area contributed by atoms with Crippen molar-refractivity contribution in [3.05, 3.63) is 59.2 Å². The molecule has 10 heteroatoms. The molecular weight excluding hydrogens is 416 g/mol. The van der Waals surface area contributed by atoms with Gasteiger partial charge in [-0.15, -0.1) is 0 Å². The van der Waals surface area contributed by atoms with Crippen LogP contribution in [0.4, 0.5) is 14.5 Å². The fourth-order valence-corrected chi connectivity index (χ4v) is 4.42. The van der Waals surface area contributed by atoms with Crippen molar-refractivity contribution in [1.82, 2.24) is 5.32 Å². The molecule has 1 aliphatic rings. The Bertz CT molecular complexity index is 1040. The van der Waals surface area contributed by atoms with Crippen LogP contribution < -0.4 is 15.8 Å². The van der Waals surface area contributed by atoms with E-state index in [1.165, 1.54) is 24.3 Å². The lowest BCUT2D eigenvalue weighted by atomic mass is 9.95. The van der Waals surface area contributed by atoms with Crippen LogP contribution in [-0.2, 0) is 10.0 Å². The van der Waals surface area contributed by atoms with Crippen molar-refractivity contribution in [3.8, 4) is 0 Å². The third-order valence-corrected chi connectivity index (χ3v) is 6.31. The minimum Gasteiger partial charge on any atom is -0.365 e. The minimum atomic E-state index is -4.18. The normalized spacial score (nSPS) is 14.9. The van der Waals surface area contributed by atoms with Gasteiger partial charge in [0.1, 0.15) is 17.2 Å². The highest BCUT2D eigenvalue weighted by molar-refractivity contribution is 7.92. The van der Waals surface area contributed by atoms with Crippen LogP contribution in [0.1, 0.15) is 52.8 Å². The Kier molecular flexibility index (Phi) is 6.35. The number of primary amides is 1. The zero-order valence-corrected chi connectivity index (χ0v) is 16.8. The van der Waals surface area contributed by atoms with Gasteiger partial charge in [0.05, 0.1) is 10.6 Å². The van der Waals surface area contributed by atoms with E-state index in [0.29, 0.717) is 17.7 Å². The molecule has 3 rings (SSSR count). The molecule has 1 fully saturated rings. The van der Waals surface area contributed by atoms with E-state index in [-0.39, 0.29) is 16.8 Å². The third kappa shape index (κ3) is 4.93. The van der Waals surface area contributed by atoms with Gasteiger partial charge in [0.2, 0.25) is 0 Å². The first-order chi connectivity index (χ1) is 14.2. The molecule has 0 saturated heterocycles. The number of amides is 2. The molecule has 4 N–H and O–H groups in total. The lowest BCUT2D eigenvalue weighted by Gasteiger charge is -2.22. The number of rotatable bonds is 6. The summed E-state index contributed by atoms with van der Waals surface area (Å²) < 4.78 is 54.7. The maximum atomic E-state index is 13.9. The van der Waals surface area contributed by atoms with Gasteiger partial charge in [-0.3, -0.25) is 14.3 Å². The highest BCUT2D eigenvalue weighted by atomic mass is 32.2. The Hall–Kier alpha value is -3.01. The fraction of sp³-hybridized carbons (Fsp3) is 0.300. The van der Waals surface area contributed by atoms with Crippen LogP contribution in [0.3, 0.4) is 0 Å². The number of hydrogen-bond acceptors (Lipinski definition) is 4. The van der Waals surface area contributed by atoms with Gasteiger partial charge < -0.3 is 11.1 Å². The molecule has 7 nitrogen and oxygen atoms in total. The van der Waals surface area contributed by atoms with Crippen molar-refractivity contribution in [2.75, 3.05) is 4.72 Å². The molecule has 2 aromatic carbocycles. The van der Waals surface area contributed by atoms with Crippen LogP contribution in [-0.4, -0.2) is 26.3 Å². The Morgan fingerprint density at radius 3 is 2.07 bits per heavy atom. The van der Waals surface area contributed by atoms with Crippen molar-refractivity contribution in [1.29, 1.82) is 0 Å². The molecule has 0 spiro atoms. The number of sulfonamides is 1. The lowest BCUT2D eigenvalue weighted by Crippen LogP contribution is -2.36. The van der Waals surface area contributed by atoms with Gasteiger partial charge in [0.25, 0.3) is 21.8 Å². The molecule has 0 aromatic heterocycles. The number of nitrogens with two attached hydrogens (primary N) is 1. The average Bonchev–Trinajstić information content (AvgIpc) is 2.67. The number of halogens is 2. The number of carbonyl (C=O) groups excluding carboxylic acids is 2. The van der Waals surface area contributed by atoms with Crippen LogP contribution in [0.5, 0.6) is 0 Å². The molecular formula is C20H21F2N3O4S. The summed E-state index contributed by atoms with van der Waals surface area (Å²) in [4.78, 5) is 23.2. The summed E-state index contributed by atoms with van der Waals surface area (Å²) in [5.41, 5.74) is 3.84. The highest BCUT2D eigenvalue weighted by Gasteiger charge is 2.21. The Morgan fingerprint density at radius 1 is 0.967 bits per heavy atom. The predicted molar refractivity (Wildman–Crippen MR) is 106 cm³/mol. The summed E-state index contributed by atoms with van der Waals surface area (Å²) >= 11 is 0. The number of carbonyl (C=O) groups is 2. The summed E-state index contributed by atoms with van der Waals surface area (Å²) in [5.74, 6) is -4.16. The zero-order chi connectivity index (χ0) is 21.9. The van der Waals surface area contributed by atoms with Crippen molar-refractivity contribution in [3.63, 3.8) is 0 Å². The molecule has 160 valence electrons. The molecule has 0 radical (unpaired) electrons. The number of nitrogens with one attached hydrogen (secondary N) is 2. The predicted octanol–water partition coefficient (Wildman–Crippen LogP) is 2.93. The quantitative estimate of drug-likeness (QED) is 0.644. The van der Waals surface area contributed by atoms with Crippen molar-refractivity contribution < 1.29 is 26.8 Å². The molecule has 30 heavy (non-hydrogen) atoms. The van der Waals surface area contributed by atoms with E-state index in [1.54, 1.807) is 0 Å². The summed E-state index contributed by atoms with van der Waals surface area (Å²) in [5, 5.41) is 2.93. The van der Waals surface area contributed by atoms with Gasteiger partial charge in [-0.1, -0.05) is 19.3 Å². The van der Waals surface area contributed by atoms with E-state index in [2.05, 4.69) is 5.32 Å². The molecule has 0 atom stereocenters. The molecule has 1 saturated carbocycles. The molecule has 2 amide bonds. The van der Waals surface area contributed by atoms with Crippen LogP contribution >= 0.6 is 0 Å². The number of anilines is 1. The maximum absolute atomic E-state index is 13.9. The molecule has 0 heterocycles. The second-order valence-corrected chi connectivity index (χ2v) is 8.80. The summed E-state index contributed by atoms with van der Waals surface area (Å²) in [6, 6.07) is 6.61. The number of hydrogen-bond donors (Lipinski definition) is 3. The first-order valence-corrected chi connectivity index (χ1v) is 10.9. The van der Waals surface area contributed by atoms with Crippen molar-refractivity contribution in [2.45, 2.75) is 43.0 Å². The average molecular weight is 437 g/mol. The highest BCUT2D eigenvalue weighted by Crippen LogP contribution is 2.22. The Morgan fingerprint density at radius 2 is 1.53 bits per heavy atom. The molecule has 1 aliphatic carbocycles. The summed E-state index contributed by atoms with van der Waals surface area (Å²) in [6.45, 7) is 0. The van der Waals surface area contributed by atoms with Gasteiger partial charge in [-0.2, -0.15) is 0 Å². The molecule has 2 aromatic rings. The topological polar surface area (TPSA) is 118 Å². The van der Waals surface area contributed by atoms with Crippen LogP contribution in [0.2, 0.25) is 0 Å². The van der Waals surface area contributed by atoms with Crippen LogP contribution in [0, 0.1) is 11.6 Å². The fourth-order valence-electron chi connectivity index (χ4n) is 3.38. The monoisotopic (exact) mass is 437 g/mol. The van der Waals surface area contributed by atoms with E-state index in [1.807, 2.05) is 4.72 Å². The lowest BCUT2D eigenvalue weighted by molar-refractivity contribution is 0.0926. The van der Waals surface area contributed by atoms with Crippen LogP contribution in [0.25, 0.3) is 0 Å². The standard InChI is InChI=1S/C20H21F2N3O4S/c21-16-10-14(11-17(22)18(16)19(23)26)25-30(28,29)15-8-6-12(7-9-15)20(27)24-13-4-2-1-3-5-13/h6-11,13,25H,1-5H2,(H2,23,26)(H,24,27). The molecule has 0 unspecified atom stereocenters. The van der Waals surface area contributed by atoms with E-state index in [0.717, 1.165) is 32.1 Å². The second-order valence-electron chi connectivity index (χ2n) is 7.12. The van der Waals surface area contributed by atoms with E-state index < -0.39 is 38.8 Å².